The van der Waals surface area contributed by atoms with Gasteiger partial charge in [-0.05, 0) is 38.3 Å². The van der Waals surface area contributed by atoms with E-state index in [4.69, 9.17) is 5.26 Å². The van der Waals surface area contributed by atoms with Crippen LogP contribution in [0.15, 0.2) is 0 Å². The van der Waals surface area contributed by atoms with Crippen molar-refractivity contribution in [1.29, 1.82) is 5.26 Å². The van der Waals surface area contributed by atoms with E-state index >= 15 is 0 Å². The molecule has 0 aromatic heterocycles. The lowest BCUT2D eigenvalue weighted by molar-refractivity contribution is 0.577. The summed E-state index contributed by atoms with van der Waals surface area (Å²) in [6.45, 7) is 2.88. The van der Waals surface area contributed by atoms with E-state index in [2.05, 4.69) is 17.6 Å². The number of nitrogens with zero attached hydrogens (tertiary/aromatic N) is 1. The Labute approximate surface area is 86.1 Å². The predicted molar refractivity (Wildman–Crippen MR) is 59.9 cm³/mol. The second-order valence-electron chi connectivity index (χ2n) is 3.21. The average molecular weight is 200 g/mol. The van der Waals surface area contributed by atoms with Crippen molar-refractivity contribution in [3.8, 4) is 6.07 Å². The lowest BCUT2D eigenvalue weighted by atomic mass is 10.2. The van der Waals surface area contributed by atoms with Crippen LogP contribution in [0.5, 0.6) is 0 Å². The van der Waals surface area contributed by atoms with E-state index in [-0.39, 0.29) is 6.04 Å². The third-order valence-corrected chi connectivity index (χ3v) is 2.62. The lowest BCUT2D eigenvalue weighted by Gasteiger charge is -2.05. The Balaban J connectivity index is 2.96. The number of rotatable bonds is 8. The largest absolute Gasteiger partial charge is 0.302 e. The molecule has 1 N–H and O–H groups in total. The minimum atomic E-state index is 0.00574. The normalized spacial score (nSPS) is 12.4. The fourth-order valence-electron chi connectivity index (χ4n) is 1.09. The molecule has 0 aliphatic rings. The molecule has 0 fully saturated rings. The maximum atomic E-state index is 8.49. The van der Waals surface area contributed by atoms with Gasteiger partial charge in [0.1, 0.15) is 0 Å². The first-order chi connectivity index (χ1) is 6.31. The van der Waals surface area contributed by atoms with Crippen LogP contribution in [0.25, 0.3) is 0 Å². The van der Waals surface area contributed by atoms with Gasteiger partial charge < -0.3 is 5.32 Å². The molecule has 1 atom stereocenters. The van der Waals surface area contributed by atoms with Gasteiger partial charge in [0.05, 0.1) is 12.1 Å². The van der Waals surface area contributed by atoms with Crippen molar-refractivity contribution in [2.75, 3.05) is 18.6 Å². The zero-order valence-electron chi connectivity index (χ0n) is 8.68. The van der Waals surface area contributed by atoms with Gasteiger partial charge in [-0.2, -0.15) is 17.0 Å². The predicted octanol–water partition coefficient (Wildman–Crippen LogP) is 2.41. The number of nitrogens with one attached hydrogen (secondary N) is 1. The average Bonchev–Trinajstić information content (AvgIpc) is 2.16. The van der Waals surface area contributed by atoms with Gasteiger partial charge in [-0.1, -0.05) is 12.8 Å². The lowest BCUT2D eigenvalue weighted by Crippen LogP contribution is -2.25. The highest BCUT2D eigenvalue weighted by Crippen LogP contribution is 2.03. The molecular weight excluding hydrogens is 180 g/mol. The third kappa shape index (κ3) is 9.72. The first-order valence-corrected chi connectivity index (χ1v) is 6.32. The van der Waals surface area contributed by atoms with Gasteiger partial charge in [-0.15, -0.1) is 0 Å². The number of thioether (sulfide) groups is 1. The third-order valence-electron chi connectivity index (χ3n) is 1.92. The molecule has 0 saturated heterocycles. The zero-order valence-corrected chi connectivity index (χ0v) is 9.49. The molecule has 76 valence electrons. The summed E-state index contributed by atoms with van der Waals surface area (Å²) in [6, 6.07) is 2.17. The standard InChI is InChI=1S/C10H20N2S/c1-10(9-11)12-7-5-3-4-6-8-13-2/h10,12H,3-8H2,1-2H3. The summed E-state index contributed by atoms with van der Waals surface area (Å²) in [4.78, 5) is 0. The minimum Gasteiger partial charge on any atom is -0.302 e. The van der Waals surface area contributed by atoms with E-state index in [0.717, 1.165) is 6.54 Å². The Morgan fingerprint density at radius 2 is 2.00 bits per heavy atom. The smallest absolute Gasteiger partial charge is 0.0924 e. The van der Waals surface area contributed by atoms with Gasteiger partial charge >= 0.3 is 0 Å². The highest BCUT2D eigenvalue weighted by molar-refractivity contribution is 7.98. The number of hydrogen-bond donors (Lipinski definition) is 1. The first kappa shape index (κ1) is 12.8. The molecule has 2 nitrogen and oxygen atoms in total. The quantitative estimate of drug-likeness (QED) is 0.611. The second-order valence-corrected chi connectivity index (χ2v) is 4.20. The SMILES string of the molecule is CSCCCCCCNC(C)C#N. The van der Waals surface area contributed by atoms with E-state index < -0.39 is 0 Å². The van der Waals surface area contributed by atoms with Gasteiger partial charge in [0, 0.05) is 0 Å². The fraction of sp³-hybridized carbons (Fsp3) is 0.900. The molecule has 0 aliphatic heterocycles. The maximum absolute atomic E-state index is 8.49. The van der Waals surface area contributed by atoms with Crippen LogP contribution in [-0.4, -0.2) is 24.6 Å². The van der Waals surface area contributed by atoms with Crippen LogP contribution >= 0.6 is 11.8 Å². The number of hydrogen-bond acceptors (Lipinski definition) is 3. The Morgan fingerprint density at radius 1 is 1.31 bits per heavy atom. The molecule has 3 heteroatoms. The Morgan fingerprint density at radius 3 is 2.62 bits per heavy atom. The molecule has 1 unspecified atom stereocenters. The number of nitriles is 1. The van der Waals surface area contributed by atoms with Crippen LogP contribution in [0.2, 0.25) is 0 Å². The summed E-state index contributed by atoms with van der Waals surface area (Å²) in [6.07, 6.45) is 7.28. The molecule has 0 bridgehead atoms. The Hall–Kier alpha value is -0.200. The molecule has 0 amide bonds. The summed E-state index contributed by atoms with van der Waals surface area (Å²) in [5.74, 6) is 1.28. The van der Waals surface area contributed by atoms with Gasteiger partial charge in [-0.3, -0.25) is 0 Å². The summed E-state index contributed by atoms with van der Waals surface area (Å²) >= 11 is 1.92. The summed E-state index contributed by atoms with van der Waals surface area (Å²) < 4.78 is 0. The van der Waals surface area contributed by atoms with Crippen LogP contribution in [0, 0.1) is 11.3 Å². The Kier molecular flexibility index (Phi) is 9.73. The van der Waals surface area contributed by atoms with Crippen molar-refractivity contribution < 1.29 is 0 Å². The summed E-state index contributed by atoms with van der Waals surface area (Å²) in [5, 5.41) is 11.6. The van der Waals surface area contributed by atoms with Crippen LogP contribution in [-0.2, 0) is 0 Å². The zero-order chi connectivity index (χ0) is 9.94. The van der Waals surface area contributed by atoms with Crippen molar-refractivity contribution in [2.45, 2.75) is 38.6 Å². The Bertz CT molecular complexity index is 142. The molecule has 0 aromatic rings. The van der Waals surface area contributed by atoms with E-state index in [1.165, 1.54) is 31.4 Å². The van der Waals surface area contributed by atoms with Crippen LogP contribution < -0.4 is 5.32 Å². The molecule has 0 rings (SSSR count). The topological polar surface area (TPSA) is 35.8 Å². The maximum Gasteiger partial charge on any atom is 0.0924 e. The first-order valence-electron chi connectivity index (χ1n) is 4.93. The molecule has 0 aliphatic carbocycles. The second kappa shape index (κ2) is 9.88. The van der Waals surface area contributed by atoms with Gasteiger partial charge in [0.25, 0.3) is 0 Å². The molecule has 0 aromatic carbocycles. The minimum absolute atomic E-state index is 0.00574. The van der Waals surface area contributed by atoms with Crippen molar-refractivity contribution in [3.05, 3.63) is 0 Å². The van der Waals surface area contributed by atoms with E-state index in [9.17, 15) is 0 Å². The fourth-order valence-corrected chi connectivity index (χ4v) is 1.58. The molecule has 13 heavy (non-hydrogen) atoms. The molecular formula is C10H20N2S. The van der Waals surface area contributed by atoms with E-state index in [1.807, 2.05) is 18.7 Å². The van der Waals surface area contributed by atoms with Crippen LogP contribution in [0.4, 0.5) is 0 Å². The highest BCUT2D eigenvalue weighted by Gasteiger charge is 1.95. The summed E-state index contributed by atoms with van der Waals surface area (Å²) in [7, 11) is 0. The van der Waals surface area contributed by atoms with Crippen molar-refractivity contribution in [1.82, 2.24) is 5.32 Å². The van der Waals surface area contributed by atoms with Crippen molar-refractivity contribution >= 4 is 11.8 Å². The number of unbranched alkanes of at least 4 members (excludes halogenated alkanes) is 3. The van der Waals surface area contributed by atoms with Gasteiger partial charge in [0.15, 0.2) is 0 Å². The monoisotopic (exact) mass is 200 g/mol. The van der Waals surface area contributed by atoms with Crippen molar-refractivity contribution in [3.63, 3.8) is 0 Å². The highest BCUT2D eigenvalue weighted by atomic mass is 32.2. The van der Waals surface area contributed by atoms with Crippen LogP contribution in [0.3, 0.4) is 0 Å². The molecule has 0 heterocycles. The van der Waals surface area contributed by atoms with Crippen molar-refractivity contribution in [2.24, 2.45) is 0 Å². The van der Waals surface area contributed by atoms with E-state index in [0.29, 0.717) is 0 Å². The van der Waals surface area contributed by atoms with Gasteiger partial charge in [0.2, 0.25) is 0 Å². The van der Waals surface area contributed by atoms with E-state index in [1.54, 1.807) is 0 Å². The molecule has 0 spiro atoms. The molecule has 0 saturated carbocycles. The summed E-state index contributed by atoms with van der Waals surface area (Å²) in [5.41, 5.74) is 0. The van der Waals surface area contributed by atoms with Gasteiger partial charge in [-0.25, -0.2) is 0 Å². The van der Waals surface area contributed by atoms with Crippen LogP contribution in [0.1, 0.15) is 32.6 Å². The molecule has 0 radical (unpaired) electrons.